The predicted octanol–water partition coefficient (Wildman–Crippen LogP) is 19.0. The van der Waals surface area contributed by atoms with Crippen molar-refractivity contribution >= 4 is 21.8 Å². The molecule has 0 atom stereocenters. The lowest BCUT2D eigenvalue weighted by atomic mass is 9.95. The average molecular weight is 999 g/mol. The summed E-state index contributed by atoms with van der Waals surface area (Å²) >= 11 is 0. The average Bonchev–Trinajstić information content (AvgIpc) is 3.88. The number of hydrogen-bond acceptors (Lipinski definition) is 3. The van der Waals surface area contributed by atoms with Gasteiger partial charge in [0, 0.05) is 33.2 Å². The Morgan fingerprint density at radius 3 is 1.04 bits per heavy atom. The number of fused-ring (bicyclic) bond motifs is 3. The Hall–Kier alpha value is -9.98. The van der Waals surface area contributed by atoms with E-state index >= 15 is 0 Å². The molecule has 7 heteroatoms. The van der Waals surface area contributed by atoms with Crippen molar-refractivity contribution in [1.82, 2.24) is 19.5 Å². The molecule has 0 radical (unpaired) electrons. The van der Waals surface area contributed by atoms with Gasteiger partial charge in [-0.2, -0.15) is 13.2 Å². The zero-order valence-electron chi connectivity index (χ0n) is 41.4. The summed E-state index contributed by atoms with van der Waals surface area (Å²) in [6, 6.07) is 90.4. The summed E-state index contributed by atoms with van der Waals surface area (Å²) in [6.07, 6.45) is -4.53. The predicted molar refractivity (Wildman–Crippen MR) is 308 cm³/mol. The molecule has 2 aromatic heterocycles. The van der Waals surface area contributed by atoms with Crippen LogP contribution in [0.15, 0.2) is 273 Å². The van der Waals surface area contributed by atoms with Crippen LogP contribution in [-0.4, -0.2) is 19.5 Å². The number of alkyl halides is 3. The molecule has 0 aliphatic rings. The maximum absolute atomic E-state index is 14.3. The maximum Gasteiger partial charge on any atom is 0.416 e. The summed E-state index contributed by atoms with van der Waals surface area (Å²) in [7, 11) is 0. The number of nitrogens with zero attached hydrogens (tertiary/aromatic N) is 4. The van der Waals surface area contributed by atoms with E-state index in [1.807, 2.05) is 84.9 Å². The normalized spacial score (nSPS) is 11.6. The SMILES string of the molecule is FC(F)(F)c1cc(-c2ccccc2)cc(-c2ccc(-c3nc(-c4ccc(-c5cccc(-n6c7ccccc7c7ccccc76)c5)cc4)nc(-c4cccc(-c5cccc(-c6cccc(-c7ccccc7)c6)c5)c4)n3)cc2)c1. The van der Waals surface area contributed by atoms with E-state index in [0.29, 0.717) is 45.3 Å². The van der Waals surface area contributed by atoms with Gasteiger partial charge in [-0.3, -0.25) is 0 Å². The lowest BCUT2D eigenvalue weighted by Gasteiger charge is -2.14. The highest BCUT2D eigenvalue weighted by atomic mass is 19.4. The lowest BCUT2D eigenvalue weighted by molar-refractivity contribution is -0.137. The van der Waals surface area contributed by atoms with Gasteiger partial charge in [0.2, 0.25) is 0 Å². The van der Waals surface area contributed by atoms with E-state index in [-0.39, 0.29) is 0 Å². The standard InChI is InChI=1S/C70H45F3N4/c71-70(72,73)61-43-59(47-17-5-2-6-18-47)42-60(44-61)49-33-37-51(38-34-49)68-74-67(50-35-31-48(32-36-50)57-24-14-26-62(45-57)77-65-29-9-7-27-63(65)64-28-8-10-30-66(64)77)75-69(76-68)58-25-13-23-56(41-58)55-22-12-21-54(40-55)53-20-11-19-52(39-53)46-15-3-1-4-16-46/h1-45H. The van der Waals surface area contributed by atoms with Crippen LogP contribution >= 0.6 is 0 Å². The number of aromatic nitrogens is 4. The summed E-state index contributed by atoms with van der Waals surface area (Å²) in [6.45, 7) is 0. The second-order valence-electron chi connectivity index (χ2n) is 19.2. The van der Waals surface area contributed by atoms with Gasteiger partial charge in [-0.1, -0.05) is 212 Å². The van der Waals surface area contributed by atoms with Crippen LogP contribution in [0, 0.1) is 0 Å². The fourth-order valence-electron chi connectivity index (χ4n) is 10.4. The molecule has 0 fully saturated rings. The first-order valence-corrected chi connectivity index (χ1v) is 25.5. The topological polar surface area (TPSA) is 43.6 Å². The van der Waals surface area contributed by atoms with Crippen molar-refractivity contribution in [3.8, 4) is 107 Å². The molecular weight excluding hydrogens is 954 g/mol. The second-order valence-corrected chi connectivity index (χ2v) is 19.2. The van der Waals surface area contributed by atoms with Gasteiger partial charge < -0.3 is 4.57 Å². The highest BCUT2D eigenvalue weighted by Gasteiger charge is 2.31. The van der Waals surface area contributed by atoms with Crippen molar-refractivity contribution in [3.05, 3.63) is 279 Å². The smallest absolute Gasteiger partial charge is 0.309 e. The van der Waals surface area contributed by atoms with E-state index in [4.69, 9.17) is 15.0 Å². The third kappa shape index (κ3) is 9.36. The zero-order chi connectivity index (χ0) is 51.9. The molecule has 0 amide bonds. The van der Waals surface area contributed by atoms with Crippen LogP contribution < -0.4 is 0 Å². The molecule has 13 rings (SSSR count). The highest BCUT2D eigenvalue weighted by Crippen LogP contribution is 2.39. The fourth-order valence-corrected chi connectivity index (χ4v) is 10.4. The monoisotopic (exact) mass is 998 g/mol. The van der Waals surface area contributed by atoms with E-state index in [2.05, 4.69) is 174 Å². The number of hydrogen-bond donors (Lipinski definition) is 0. The van der Waals surface area contributed by atoms with Crippen molar-refractivity contribution in [1.29, 1.82) is 0 Å². The number of halogens is 3. The molecule has 0 saturated heterocycles. The van der Waals surface area contributed by atoms with Crippen LogP contribution in [-0.2, 0) is 6.18 Å². The molecule has 2 heterocycles. The third-order valence-electron chi connectivity index (χ3n) is 14.3. The first-order chi connectivity index (χ1) is 37.8. The number of benzene rings is 11. The van der Waals surface area contributed by atoms with Gasteiger partial charge in [0.1, 0.15) is 0 Å². The number of rotatable bonds is 10. The van der Waals surface area contributed by atoms with Gasteiger partial charge in [0.15, 0.2) is 17.5 Å². The van der Waals surface area contributed by atoms with E-state index in [1.54, 1.807) is 6.07 Å². The molecule has 13 aromatic rings. The van der Waals surface area contributed by atoms with E-state index < -0.39 is 11.7 Å². The van der Waals surface area contributed by atoms with Crippen LogP contribution in [0.5, 0.6) is 0 Å². The Morgan fingerprint density at radius 2 is 0.558 bits per heavy atom. The van der Waals surface area contributed by atoms with Crippen molar-refractivity contribution in [2.75, 3.05) is 0 Å². The van der Waals surface area contributed by atoms with Crippen LogP contribution in [0.3, 0.4) is 0 Å². The molecule has 0 unspecified atom stereocenters. The van der Waals surface area contributed by atoms with E-state index in [1.165, 1.54) is 22.9 Å². The first-order valence-electron chi connectivity index (χ1n) is 25.5. The summed E-state index contributed by atoms with van der Waals surface area (Å²) in [5.74, 6) is 1.39. The first kappa shape index (κ1) is 46.8. The molecule has 0 bridgehead atoms. The Labute approximate surface area is 443 Å². The molecule has 0 N–H and O–H groups in total. The molecule has 366 valence electrons. The minimum Gasteiger partial charge on any atom is -0.309 e. The summed E-state index contributed by atoms with van der Waals surface area (Å²) in [5, 5.41) is 2.42. The highest BCUT2D eigenvalue weighted by molar-refractivity contribution is 6.09. The van der Waals surface area contributed by atoms with Gasteiger partial charge in [-0.05, 0) is 127 Å². The van der Waals surface area contributed by atoms with Crippen molar-refractivity contribution in [2.24, 2.45) is 0 Å². The number of para-hydroxylation sites is 2. The van der Waals surface area contributed by atoms with Gasteiger partial charge in [-0.25, -0.2) is 15.0 Å². The van der Waals surface area contributed by atoms with Crippen LogP contribution in [0.4, 0.5) is 13.2 Å². The van der Waals surface area contributed by atoms with Gasteiger partial charge >= 0.3 is 6.18 Å². The maximum atomic E-state index is 14.3. The Balaban J connectivity index is 0.876. The van der Waals surface area contributed by atoms with Crippen LogP contribution in [0.2, 0.25) is 0 Å². The molecular formula is C70H45F3N4. The fraction of sp³-hybridized carbons (Fsp3) is 0.0143. The van der Waals surface area contributed by atoms with Crippen molar-refractivity contribution in [3.63, 3.8) is 0 Å². The minimum absolute atomic E-state index is 0.430. The second kappa shape index (κ2) is 19.7. The molecule has 77 heavy (non-hydrogen) atoms. The quantitative estimate of drug-likeness (QED) is 0.137. The van der Waals surface area contributed by atoms with Crippen molar-refractivity contribution in [2.45, 2.75) is 6.18 Å². The van der Waals surface area contributed by atoms with Crippen LogP contribution in [0.25, 0.3) is 128 Å². The van der Waals surface area contributed by atoms with Crippen molar-refractivity contribution < 1.29 is 13.2 Å². The zero-order valence-corrected chi connectivity index (χ0v) is 41.4. The molecule has 0 spiro atoms. The summed E-state index contributed by atoms with van der Waals surface area (Å²) in [5.41, 5.74) is 15.9. The summed E-state index contributed by atoms with van der Waals surface area (Å²) in [4.78, 5) is 15.4. The Morgan fingerprint density at radius 1 is 0.247 bits per heavy atom. The third-order valence-corrected chi connectivity index (χ3v) is 14.3. The van der Waals surface area contributed by atoms with Gasteiger partial charge in [0.25, 0.3) is 0 Å². The molecule has 11 aromatic carbocycles. The molecule has 4 nitrogen and oxygen atoms in total. The summed E-state index contributed by atoms with van der Waals surface area (Å²) < 4.78 is 45.4. The molecule has 0 aliphatic heterocycles. The van der Waals surface area contributed by atoms with Gasteiger partial charge in [0.05, 0.1) is 16.6 Å². The Bertz CT molecular complexity index is 4250. The van der Waals surface area contributed by atoms with Gasteiger partial charge in [-0.15, -0.1) is 0 Å². The molecule has 0 saturated carbocycles. The van der Waals surface area contributed by atoms with E-state index in [9.17, 15) is 13.2 Å². The molecule has 0 aliphatic carbocycles. The lowest BCUT2D eigenvalue weighted by Crippen LogP contribution is -2.05. The van der Waals surface area contributed by atoms with Crippen LogP contribution in [0.1, 0.15) is 5.56 Å². The minimum atomic E-state index is -4.53. The largest absolute Gasteiger partial charge is 0.416 e. The van der Waals surface area contributed by atoms with E-state index in [0.717, 1.165) is 72.4 Å². The Kier molecular flexibility index (Phi) is 12.0.